The summed E-state index contributed by atoms with van der Waals surface area (Å²) in [5, 5.41) is 11.7. The fraction of sp³-hybridized carbons (Fsp3) is 0.143. The van der Waals surface area contributed by atoms with Crippen LogP contribution in [-0.4, -0.2) is 38.2 Å². The smallest absolute Gasteiger partial charge is 0.259 e. The average molecular weight is 434 g/mol. The van der Waals surface area contributed by atoms with Crippen LogP contribution in [0, 0.1) is 0 Å². The van der Waals surface area contributed by atoms with E-state index >= 15 is 0 Å². The van der Waals surface area contributed by atoms with Gasteiger partial charge in [0.1, 0.15) is 18.1 Å². The van der Waals surface area contributed by atoms with Crippen LogP contribution in [0.15, 0.2) is 61.2 Å². The molecule has 10 heteroatoms. The van der Waals surface area contributed by atoms with E-state index in [1.807, 2.05) is 37.3 Å². The molecule has 1 aromatic carbocycles. The van der Waals surface area contributed by atoms with E-state index in [2.05, 4.69) is 30.5 Å². The maximum Gasteiger partial charge on any atom is 0.259 e. The molecule has 1 unspecified atom stereocenters. The first kappa shape index (κ1) is 20.4. The van der Waals surface area contributed by atoms with Crippen molar-refractivity contribution in [1.82, 2.24) is 25.1 Å². The van der Waals surface area contributed by atoms with Crippen LogP contribution >= 0.6 is 11.3 Å². The third-order valence-electron chi connectivity index (χ3n) is 4.30. The Bertz CT molecular complexity index is 1170. The van der Waals surface area contributed by atoms with Crippen LogP contribution in [0.3, 0.4) is 0 Å². The lowest BCUT2D eigenvalue weighted by molar-refractivity contribution is 0.102. The monoisotopic (exact) mass is 434 g/mol. The van der Waals surface area contributed by atoms with Gasteiger partial charge >= 0.3 is 0 Å². The molecule has 0 aliphatic rings. The molecule has 3 heterocycles. The van der Waals surface area contributed by atoms with Crippen molar-refractivity contribution in [2.24, 2.45) is 0 Å². The highest BCUT2D eigenvalue weighted by Gasteiger charge is 2.17. The number of nitrogens with zero attached hydrogens (tertiary/aromatic N) is 5. The molecule has 1 amide bonds. The predicted octanol–water partition coefficient (Wildman–Crippen LogP) is 3.79. The quantitative estimate of drug-likeness (QED) is 0.468. The number of anilines is 1. The number of amides is 1. The SMILES string of the molecule is COc1cc(C(=O)Nc2nnc(-c3ccncn3)s2)cnc1OC(C)c1ccccc1. The van der Waals surface area contributed by atoms with Gasteiger partial charge in [-0.1, -0.05) is 41.7 Å². The highest BCUT2D eigenvalue weighted by Crippen LogP contribution is 2.30. The number of carbonyl (C=O) groups excluding carboxylic acids is 1. The number of ether oxygens (including phenoxy) is 2. The van der Waals surface area contributed by atoms with Crippen molar-refractivity contribution in [2.45, 2.75) is 13.0 Å². The van der Waals surface area contributed by atoms with Gasteiger partial charge in [-0.2, -0.15) is 0 Å². The Morgan fingerprint density at radius 3 is 2.71 bits per heavy atom. The Labute approximate surface area is 182 Å². The molecule has 0 radical (unpaired) electrons. The van der Waals surface area contributed by atoms with Crippen LogP contribution in [0.4, 0.5) is 5.13 Å². The molecule has 0 saturated heterocycles. The number of pyridine rings is 1. The second kappa shape index (κ2) is 9.26. The van der Waals surface area contributed by atoms with Gasteiger partial charge in [-0.15, -0.1) is 10.2 Å². The number of benzene rings is 1. The van der Waals surface area contributed by atoms with Crippen LogP contribution in [0.2, 0.25) is 0 Å². The summed E-state index contributed by atoms with van der Waals surface area (Å²) < 4.78 is 11.3. The van der Waals surface area contributed by atoms with Crippen molar-refractivity contribution in [3.63, 3.8) is 0 Å². The van der Waals surface area contributed by atoms with Gasteiger partial charge < -0.3 is 9.47 Å². The Balaban J connectivity index is 1.47. The number of nitrogens with one attached hydrogen (secondary N) is 1. The van der Waals surface area contributed by atoms with Crippen LogP contribution in [0.1, 0.15) is 28.9 Å². The van der Waals surface area contributed by atoms with Crippen LogP contribution in [0.25, 0.3) is 10.7 Å². The zero-order valence-corrected chi connectivity index (χ0v) is 17.5. The van der Waals surface area contributed by atoms with Gasteiger partial charge in [0, 0.05) is 18.5 Å². The van der Waals surface area contributed by atoms with Crippen molar-refractivity contribution in [3.8, 4) is 22.3 Å². The summed E-state index contributed by atoms with van der Waals surface area (Å²) in [6, 6.07) is 13.1. The topological polar surface area (TPSA) is 112 Å². The minimum atomic E-state index is -0.390. The Kier molecular flexibility index (Phi) is 6.08. The molecule has 0 saturated carbocycles. The third kappa shape index (κ3) is 4.81. The first-order valence-electron chi connectivity index (χ1n) is 9.31. The van der Waals surface area contributed by atoms with E-state index in [1.54, 1.807) is 18.3 Å². The molecule has 0 aliphatic heterocycles. The number of carbonyl (C=O) groups is 1. The standard InChI is InChI=1S/C21H18N6O3S/c1-13(14-6-4-3-5-7-14)30-19-17(29-2)10-15(11-23-19)18(28)25-21-27-26-20(31-21)16-8-9-22-12-24-16/h3-13H,1-2H3,(H,25,27,28). The molecular formula is C21H18N6O3S. The van der Waals surface area contributed by atoms with Gasteiger partial charge in [0.15, 0.2) is 10.8 Å². The number of rotatable bonds is 7. The molecule has 4 aromatic rings. The molecule has 1 atom stereocenters. The first-order valence-corrected chi connectivity index (χ1v) is 10.1. The van der Waals surface area contributed by atoms with Gasteiger partial charge in [-0.3, -0.25) is 10.1 Å². The normalized spacial score (nSPS) is 11.5. The van der Waals surface area contributed by atoms with Crippen LogP contribution in [-0.2, 0) is 0 Å². The number of methoxy groups -OCH3 is 1. The molecule has 3 aromatic heterocycles. The molecule has 0 spiro atoms. The average Bonchev–Trinajstić information content (AvgIpc) is 3.29. The van der Waals surface area contributed by atoms with E-state index in [9.17, 15) is 4.79 Å². The Morgan fingerprint density at radius 1 is 1.13 bits per heavy atom. The fourth-order valence-electron chi connectivity index (χ4n) is 2.71. The number of aromatic nitrogens is 5. The van der Waals surface area contributed by atoms with E-state index < -0.39 is 0 Å². The number of hydrogen-bond donors (Lipinski definition) is 1. The zero-order chi connectivity index (χ0) is 21.6. The summed E-state index contributed by atoms with van der Waals surface area (Å²) in [5.74, 6) is 0.269. The largest absolute Gasteiger partial charge is 0.491 e. The second-order valence-corrected chi connectivity index (χ2v) is 7.34. The van der Waals surface area contributed by atoms with E-state index in [-0.39, 0.29) is 12.0 Å². The lowest BCUT2D eigenvalue weighted by atomic mass is 10.1. The van der Waals surface area contributed by atoms with E-state index in [0.29, 0.717) is 33.0 Å². The molecule has 31 heavy (non-hydrogen) atoms. The van der Waals surface area contributed by atoms with Crippen molar-refractivity contribution in [2.75, 3.05) is 12.4 Å². The summed E-state index contributed by atoms with van der Waals surface area (Å²) in [7, 11) is 1.50. The molecular weight excluding hydrogens is 416 g/mol. The molecule has 0 bridgehead atoms. The third-order valence-corrected chi connectivity index (χ3v) is 5.17. The predicted molar refractivity (Wildman–Crippen MR) is 115 cm³/mol. The van der Waals surface area contributed by atoms with E-state index in [4.69, 9.17) is 9.47 Å². The summed E-state index contributed by atoms with van der Waals surface area (Å²) in [6.45, 7) is 1.92. The van der Waals surface area contributed by atoms with Gasteiger partial charge in [-0.25, -0.2) is 15.0 Å². The van der Waals surface area contributed by atoms with Gasteiger partial charge in [0.05, 0.1) is 12.7 Å². The zero-order valence-electron chi connectivity index (χ0n) is 16.7. The minimum absolute atomic E-state index is 0.233. The second-order valence-electron chi connectivity index (χ2n) is 6.36. The summed E-state index contributed by atoms with van der Waals surface area (Å²) in [4.78, 5) is 24.9. The highest BCUT2D eigenvalue weighted by molar-refractivity contribution is 7.18. The minimum Gasteiger partial charge on any atom is -0.491 e. The first-order chi connectivity index (χ1) is 15.1. The van der Waals surface area contributed by atoms with Crippen molar-refractivity contribution < 1.29 is 14.3 Å². The van der Waals surface area contributed by atoms with Crippen LogP contribution < -0.4 is 14.8 Å². The van der Waals surface area contributed by atoms with Crippen molar-refractivity contribution in [1.29, 1.82) is 0 Å². The molecule has 0 aliphatic carbocycles. The molecule has 156 valence electrons. The maximum atomic E-state index is 12.6. The summed E-state index contributed by atoms with van der Waals surface area (Å²) >= 11 is 1.21. The van der Waals surface area contributed by atoms with E-state index in [1.165, 1.54) is 31.0 Å². The number of hydrogen-bond acceptors (Lipinski definition) is 9. The van der Waals surface area contributed by atoms with Gasteiger partial charge in [-0.05, 0) is 18.6 Å². The maximum absolute atomic E-state index is 12.6. The molecule has 9 nitrogen and oxygen atoms in total. The Morgan fingerprint density at radius 2 is 1.97 bits per heavy atom. The molecule has 1 N–H and O–H groups in total. The Hall–Kier alpha value is -3.92. The summed E-state index contributed by atoms with van der Waals surface area (Å²) in [5.41, 5.74) is 1.93. The highest BCUT2D eigenvalue weighted by atomic mass is 32.1. The summed E-state index contributed by atoms with van der Waals surface area (Å²) in [6.07, 6.45) is 4.23. The van der Waals surface area contributed by atoms with E-state index in [0.717, 1.165) is 5.56 Å². The molecule has 4 rings (SSSR count). The lowest BCUT2D eigenvalue weighted by Gasteiger charge is -2.16. The van der Waals surface area contributed by atoms with Gasteiger partial charge in [0.25, 0.3) is 11.8 Å². The fourth-order valence-corrected chi connectivity index (χ4v) is 3.43. The lowest BCUT2D eigenvalue weighted by Crippen LogP contribution is -2.13. The molecule has 0 fully saturated rings. The van der Waals surface area contributed by atoms with Crippen molar-refractivity contribution >= 4 is 22.4 Å². The van der Waals surface area contributed by atoms with Gasteiger partial charge in [0.2, 0.25) is 5.13 Å². The van der Waals surface area contributed by atoms with Crippen LogP contribution in [0.5, 0.6) is 11.6 Å². The van der Waals surface area contributed by atoms with Crippen molar-refractivity contribution in [3.05, 3.63) is 72.3 Å².